The van der Waals surface area contributed by atoms with Gasteiger partial charge in [0, 0.05) is 18.6 Å². The molecule has 14 heavy (non-hydrogen) atoms. The Hall–Kier alpha value is -0.610. The molecule has 1 unspecified atom stereocenters. The van der Waals surface area contributed by atoms with E-state index in [1.165, 1.54) is 0 Å². The normalized spacial score (nSPS) is 31.4. The fraction of sp³-hybridized carbons (Fsp3) is 0.900. The highest BCUT2D eigenvalue weighted by Crippen LogP contribution is 2.18. The minimum Gasteiger partial charge on any atom is -0.481 e. The van der Waals surface area contributed by atoms with Gasteiger partial charge in [0.05, 0.1) is 5.92 Å². The van der Waals surface area contributed by atoms with E-state index < -0.39 is 11.9 Å². The molecular weight excluding hydrogens is 180 g/mol. The van der Waals surface area contributed by atoms with Crippen molar-refractivity contribution in [1.82, 2.24) is 4.90 Å². The zero-order valence-electron chi connectivity index (χ0n) is 8.94. The highest BCUT2D eigenvalue weighted by Gasteiger charge is 2.33. The summed E-state index contributed by atoms with van der Waals surface area (Å²) in [6, 6.07) is 0.289. The molecule has 1 aliphatic rings. The van der Waals surface area contributed by atoms with Crippen molar-refractivity contribution >= 4 is 5.97 Å². The van der Waals surface area contributed by atoms with Crippen LogP contribution in [0.1, 0.15) is 26.7 Å². The predicted molar refractivity (Wildman–Crippen MR) is 55.0 cm³/mol. The van der Waals surface area contributed by atoms with Crippen LogP contribution in [-0.2, 0) is 4.79 Å². The molecule has 0 saturated carbocycles. The van der Waals surface area contributed by atoms with Gasteiger partial charge < -0.3 is 10.8 Å². The van der Waals surface area contributed by atoms with Gasteiger partial charge >= 0.3 is 5.97 Å². The van der Waals surface area contributed by atoms with Gasteiger partial charge in [0.15, 0.2) is 0 Å². The fourth-order valence-corrected chi connectivity index (χ4v) is 1.92. The zero-order chi connectivity index (χ0) is 10.7. The second-order valence-electron chi connectivity index (χ2n) is 4.15. The Kier molecular flexibility index (Phi) is 3.89. The molecule has 0 amide bonds. The number of likely N-dealkylation sites (tertiary alicyclic amines) is 1. The fourth-order valence-electron chi connectivity index (χ4n) is 1.92. The van der Waals surface area contributed by atoms with E-state index in [1.54, 1.807) is 0 Å². The Bertz CT molecular complexity index is 208. The summed E-state index contributed by atoms with van der Waals surface area (Å²) in [4.78, 5) is 13.1. The van der Waals surface area contributed by atoms with Crippen LogP contribution in [-0.4, -0.2) is 41.1 Å². The Morgan fingerprint density at radius 3 is 2.86 bits per heavy atom. The van der Waals surface area contributed by atoms with Crippen LogP contribution in [0.4, 0.5) is 0 Å². The molecule has 82 valence electrons. The number of carboxylic acids is 1. The quantitative estimate of drug-likeness (QED) is 0.697. The van der Waals surface area contributed by atoms with Crippen LogP contribution in [0.2, 0.25) is 0 Å². The van der Waals surface area contributed by atoms with Crippen LogP contribution in [0.25, 0.3) is 0 Å². The summed E-state index contributed by atoms with van der Waals surface area (Å²) in [5, 5.41) is 8.97. The Morgan fingerprint density at radius 1 is 1.71 bits per heavy atom. The molecule has 0 radical (unpaired) electrons. The lowest BCUT2D eigenvalue weighted by Gasteiger charge is -2.38. The molecule has 4 nitrogen and oxygen atoms in total. The minimum absolute atomic E-state index is 0.173. The van der Waals surface area contributed by atoms with Crippen molar-refractivity contribution < 1.29 is 9.90 Å². The van der Waals surface area contributed by atoms with E-state index in [0.29, 0.717) is 12.6 Å². The molecule has 0 aromatic carbocycles. The van der Waals surface area contributed by atoms with Crippen LogP contribution in [0, 0.1) is 5.92 Å². The lowest BCUT2D eigenvalue weighted by Crippen LogP contribution is -2.52. The first-order chi connectivity index (χ1) is 6.56. The SMILES string of the molecule is CCC(C)N1CC[C@@H](N)[C@H](C(=O)O)C1. The van der Waals surface area contributed by atoms with Crippen molar-refractivity contribution in [3.63, 3.8) is 0 Å². The third-order valence-corrected chi connectivity index (χ3v) is 3.23. The third-order valence-electron chi connectivity index (χ3n) is 3.23. The van der Waals surface area contributed by atoms with E-state index in [9.17, 15) is 4.79 Å². The average Bonchev–Trinajstić information content (AvgIpc) is 2.17. The molecular formula is C10H20N2O2. The maximum Gasteiger partial charge on any atom is 0.309 e. The first-order valence-corrected chi connectivity index (χ1v) is 5.28. The van der Waals surface area contributed by atoms with Gasteiger partial charge in [0.1, 0.15) is 0 Å². The molecule has 0 spiro atoms. The average molecular weight is 200 g/mol. The number of nitrogens with two attached hydrogens (primary N) is 1. The van der Waals surface area contributed by atoms with E-state index in [-0.39, 0.29) is 6.04 Å². The molecule has 1 aliphatic heterocycles. The number of nitrogens with zero attached hydrogens (tertiary/aromatic N) is 1. The van der Waals surface area contributed by atoms with Crippen molar-refractivity contribution in [3.8, 4) is 0 Å². The summed E-state index contributed by atoms with van der Waals surface area (Å²) in [6.45, 7) is 5.79. The van der Waals surface area contributed by atoms with Gasteiger partial charge in [0.25, 0.3) is 0 Å². The molecule has 1 saturated heterocycles. The maximum atomic E-state index is 10.9. The van der Waals surface area contributed by atoms with E-state index in [1.807, 2.05) is 0 Å². The van der Waals surface area contributed by atoms with Crippen molar-refractivity contribution in [2.75, 3.05) is 13.1 Å². The molecule has 1 rings (SSSR count). The first-order valence-electron chi connectivity index (χ1n) is 5.28. The number of piperidine rings is 1. The van der Waals surface area contributed by atoms with Gasteiger partial charge in [-0.25, -0.2) is 0 Å². The summed E-state index contributed by atoms with van der Waals surface area (Å²) in [5.41, 5.74) is 5.78. The van der Waals surface area contributed by atoms with Crippen molar-refractivity contribution in [2.24, 2.45) is 11.7 Å². The van der Waals surface area contributed by atoms with Crippen LogP contribution < -0.4 is 5.73 Å². The second kappa shape index (κ2) is 4.75. The highest BCUT2D eigenvalue weighted by atomic mass is 16.4. The molecule has 0 aliphatic carbocycles. The number of aliphatic carboxylic acids is 1. The van der Waals surface area contributed by atoms with Crippen molar-refractivity contribution in [2.45, 2.75) is 38.8 Å². The van der Waals surface area contributed by atoms with E-state index in [4.69, 9.17) is 10.8 Å². The molecule has 0 aromatic rings. The summed E-state index contributed by atoms with van der Waals surface area (Å²) >= 11 is 0. The highest BCUT2D eigenvalue weighted by molar-refractivity contribution is 5.71. The number of hydrogen-bond acceptors (Lipinski definition) is 3. The zero-order valence-corrected chi connectivity index (χ0v) is 8.94. The Balaban J connectivity index is 2.57. The Labute approximate surface area is 85.1 Å². The van der Waals surface area contributed by atoms with Crippen LogP contribution in [0.15, 0.2) is 0 Å². The predicted octanol–water partition coefficient (Wildman–Crippen LogP) is 0.519. The topological polar surface area (TPSA) is 66.6 Å². The van der Waals surface area contributed by atoms with Gasteiger partial charge in [-0.05, 0) is 26.3 Å². The molecule has 0 aromatic heterocycles. The monoisotopic (exact) mass is 200 g/mol. The van der Waals surface area contributed by atoms with Crippen molar-refractivity contribution in [3.05, 3.63) is 0 Å². The van der Waals surface area contributed by atoms with Gasteiger partial charge in [-0.15, -0.1) is 0 Å². The molecule has 1 heterocycles. The van der Waals surface area contributed by atoms with Gasteiger partial charge in [0.2, 0.25) is 0 Å². The molecule has 4 heteroatoms. The number of carbonyl (C=O) groups is 1. The van der Waals surface area contributed by atoms with E-state index >= 15 is 0 Å². The van der Waals surface area contributed by atoms with E-state index in [2.05, 4.69) is 18.7 Å². The summed E-state index contributed by atoms with van der Waals surface area (Å²) < 4.78 is 0. The van der Waals surface area contributed by atoms with Crippen LogP contribution in [0.3, 0.4) is 0 Å². The summed E-state index contributed by atoms with van der Waals surface area (Å²) in [6.07, 6.45) is 1.85. The summed E-state index contributed by atoms with van der Waals surface area (Å²) in [5.74, 6) is -1.15. The van der Waals surface area contributed by atoms with Crippen LogP contribution >= 0.6 is 0 Å². The smallest absolute Gasteiger partial charge is 0.309 e. The molecule has 1 fully saturated rings. The number of hydrogen-bond donors (Lipinski definition) is 2. The lowest BCUT2D eigenvalue weighted by atomic mass is 9.92. The summed E-state index contributed by atoms with van der Waals surface area (Å²) in [7, 11) is 0. The second-order valence-corrected chi connectivity index (χ2v) is 4.15. The van der Waals surface area contributed by atoms with Crippen molar-refractivity contribution in [1.29, 1.82) is 0 Å². The number of rotatable bonds is 3. The van der Waals surface area contributed by atoms with E-state index in [0.717, 1.165) is 19.4 Å². The van der Waals surface area contributed by atoms with Gasteiger partial charge in [-0.1, -0.05) is 6.92 Å². The van der Waals surface area contributed by atoms with Gasteiger partial charge in [-0.3, -0.25) is 9.69 Å². The lowest BCUT2D eigenvalue weighted by molar-refractivity contribution is -0.144. The third kappa shape index (κ3) is 2.45. The maximum absolute atomic E-state index is 10.9. The largest absolute Gasteiger partial charge is 0.481 e. The van der Waals surface area contributed by atoms with Gasteiger partial charge in [-0.2, -0.15) is 0 Å². The minimum atomic E-state index is -0.759. The first kappa shape index (κ1) is 11.5. The van der Waals surface area contributed by atoms with Crippen LogP contribution in [0.5, 0.6) is 0 Å². The molecule has 3 N–H and O–H groups in total. The Morgan fingerprint density at radius 2 is 2.36 bits per heavy atom. The molecule has 0 bridgehead atoms. The standard InChI is InChI=1S/C10H20N2O2/c1-3-7(2)12-5-4-9(11)8(6-12)10(13)14/h7-9H,3-6,11H2,1-2H3,(H,13,14)/t7?,8-,9-/m1/s1. The molecule has 3 atom stereocenters. The number of carboxylic acid groups (broad SMARTS) is 1.